The molecule has 1 fully saturated rings. The highest BCUT2D eigenvalue weighted by Crippen LogP contribution is 2.23. The number of ether oxygens (including phenoxy) is 1. The van der Waals surface area contributed by atoms with Gasteiger partial charge in [-0.05, 0) is 49.2 Å². The quantitative estimate of drug-likeness (QED) is 0.869. The van der Waals surface area contributed by atoms with Crippen LogP contribution in [0.1, 0.15) is 12.8 Å². The van der Waals surface area contributed by atoms with E-state index in [1.807, 2.05) is 44.7 Å². The molecule has 6 heteroatoms. The first-order valence-electron chi connectivity index (χ1n) is 8.72. The lowest BCUT2D eigenvalue weighted by Gasteiger charge is -2.27. The van der Waals surface area contributed by atoms with Crippen LogP contribution in [0.25, 0.3) is 11.1 Å². The number of hydrogen-bond acceptors (Lipinski definition) is 4. The molecule has 133 valence electrons. The third-order valence-corrected chi connectivity index (χ3v) is 4.52. The highest BCUT2D eigenvalue weighted by molar-refractivity contribution is 5.78. The first-order valence-corrected chi connectivity index (χ1v) is 8.72. The fraction of sp³-hybridized carbons (Fsp3) is 0.474. The topological polar surface area (TPSA) is 59.4 Å². The van der Waals surface area contributed by atoms with Gasteiger partial charge in [-0.1, -0.05) is 0 Å². The van der Waals surface area contributed by atoms with E-state index in [-0.39, 0.29) is 11.8 Å². The minimum atomic E-state index is 0.0981. The van der Waals surface area contributed by atoms with Gasteiger partial charge in [0.2, 0.25) is 5.91 Å². The number of amides is 1. The number of nitrogens with one attached hydrogen (secondary N) is 1. The number of carbonyl (C=O) groups is 1. The Morgan fingerprint density at radius 2 is 2.36 bits per heavy atom. The van der Waals surface area contributed by atoms with Crippen molar-refractivity contribution in [2.75, 3.05) is 33.3 Å². The normalized spacial score (nSPS) is 17.3. The van der Waals surface area contributed by atoms with E-state index in [4.69, 9.17) is 4.74 Å². The Balaban J connectivity index is 1.51. The van der Waals surface area contributed by atoms with E-state index in [9.17, 15) is 4.79 Å². The van der Waals surface area contributed by atoms with Crippen LogP contribution in [0.4, 0.5) is 0 Å². The Kier molecular flexibility index (Phi) is 5.71. The summed E-state index contributed by atoms with van der Waals surface area (Å²) in [5, 5.41) is 7.47. The van der Waals surface area contributed by atoms with Gasteiger partial charge in [0.1, 0.15) is 12.4 Å². The molecular weight excluding hydrogens is 316 g/mol. The molecule has 1 saturated heterocycles. The van der Waals surface area contributed by atoms with Crippen LogP contribution in [0.3, 0.4) is 0 Å². The Morgan fingerprint density at radius 1 is 1.48 bits per heavy atom. The average Bonchev–Trinajstić information content (AvgIpc) is 3.08. The number of aromatic nitrogens is 2. The van der Waals surface area contributed by atoms with Crippen LogP contribution in [-0.2, 0) is 11.8 Å². The first kappa shape index (κ1) is 17.5. The van der Waals surface area contributed by atoms with Crippen LogP contribution in [0, 0.1) is 12.0 Å². The van der Waals surface area contributed by atoms with E-state index < -0.39 is 0 Å². The molecule has 0 bridgehead atoms. The predicted octanol–water partition coefficient (Wildman–Crippen LogP) is 1.72. The highest BCUT2D eigenvalue weighted by Gasteiger charge is 2.23. The Morgan fingerprint density at radius 3 is 3.08 bits per heavy atom. The molecule has 0 spiro atoms. The molecule has 1 aliphatic heterocycles. The monoisotopic (exact) mass is 341 g/mol. The van der Waals surface area contributed by atoms with Gasteiger partial charge in [0.05, 0.1) is 18.7 Å². The third-order valence-electron chi connectivity index (χ3n) is 4.52. The van der Waals surface area contributed by atoms with Crippen molar-refractivity contribution >= 4 is 5.91 Å². The SMILES string of the molecule is CN(CCOc1c[c]cc(-c2cnn(C)c2)c1)C(=O)C1CCCNC1. The van der Waals surface area contributed by atoms with Gasteiger partial charge >= 0.3 is 0 Å². The molecule has 2 heterocycles. The molecule has 0 aliphatic carbocycles. The molecule has 1 N–H and O–H groups in total. The lowest BCUT2D eigenvalue weighted by Crippen LogP contribution is -2.42. The Hall–Kier alpha value is -2.34. The molecule has 1 atom stereocenters. The van der Waals surface area contributed by atoms with Crippen LogP contribution < -0.4 is 10.1 Å². The standard InChI is InChI=1S/C19H25N4O2/c1-22(19(24)16-6-4-8-20-12-16)9-10-25-18-7-3-5-15(11-18)17-13-21-23(2)14-17/h5,7,11,13-14,16,20H,4,6,8-10,12H2,1-2H3. The third kappa shape index (κ3) is 4.60. The Labute approximate surface area is 148 Å². The van der Waals surface area contributed by atoms with Crippen molar-refractivity contribution in [3.63, 3.8) is 0 Å². The smallest absolute Gasteiger partial charge is 0.226 e. The molecule has 2 aromatic rings. The molecule has 1 aromatic heterocycles. The summed E-state index contributed by atoms with van der Waals surface area (Å²) in [4.78, 5) is 14.2. The van der Waals surface area contributed by atoms with Crippen molar-refractivity contribution in [1.29, 1.82) is 0 Å². The summed E-state index contributed by atoms with van der Waals surface area (Å²) in [5.41, 5.74) is 2.05. The number of aryl methyl sites for hydroxylation is 1. The molecule has 0 saturated carbocycles. The number of hydrogen-bond donors (Lipinski definition) is 1. The van der Waals surface area contributed by atoms with E-state index in [0.29, 0.717) is 13.2 Å². The molecule has 25 heavy (non-hydrogen) atoms. The van der Waals surface area contributed by atoms with Crippen molar-refractivity contribution in [3.05, 3.63) is 36.7 Å². The van der Waals surface area contributed by atoms with Gasteiger partial charge in [-0.3, -0.25) is 9.48 Å². The maximum atomic E-state index is 12.4. The van der Waals surface area contributed by atoms with Crippen molar-refractivity contribution < 1.29 is 9.53 Å². The number of rotatable bonds is 6. The van der Waals surface area contributed by atoms with E-state index in [0.717, 1.165) is 42.8 Å². The van der Waals surface area contributed by atoms with E-state index in [1.165, 1.54) is 0 Å². The average molecular weight is 341 g/mol. The van der Waals surface area contributed by atoms with Crippen LogP contribution in [-0.4, -0.2) is 53.9 Å². The second-order valence-corrected chi connectivity index (χ2v) is 6.51. The summed E-state index contributed by atoms with van der Waals surface area (Å²) < 4.78 is 7.58. The minimum absolute atomic E-state index is 0.0981. The fourth-order valence-corrected chi connectivity index (χ4v) is 3.06. The second-order valence-electron chi connectivity index (χ2n) is 6.51. The fourth-order valence-electron chi connectivity index (χ4n) is 3.06. The van der Waals surface area contributed by atoms with Crippen molar-refractivity contribution in [1.82, 2.24) is 20.0 Å². The van der Waals surface area contributed by atoms with Gasteiger partial charge in [-0.15, -0.1) is 0 Å². The largest absolute Gasteiger partial charge is 0.492 e. The summed E-state index contributed by atoms with van der Waals surface area (Å²) in [6, 6.07) is 8.80. The van der Waals surface area contributed by atoms with Gasteiger partial charge < -0.3 is 15.0 Å². The molecule has 1 radical (unpaired) electrons. The van der Waals surface area contributed by atoms with Crippen molar-refractivity contribution in [2.24, 2.45) is 13.0 Å². The number of benzene rings is 1. The highest BCUT2D eigenvalue weighted by atomic mass is 16.5. The summed E-state index contributed by atoms with van der Waals surface area (Å²) in [7, 11) is 3.74. The van der Waals surface area contributed by atoms with Gasteiger partial charge in [0.25, 0.3) is 0 Å². The van der Waals surface area contributed by atoms with Gasteiger partial charge in [-0.25, -0.2) is 0 Å². The zero-order valence-corrected chi connectivity index (χ0v) is 14.9. The predicted molar refractivity (Wildman–Crippen MR) is 96.2 cm³/mol. The zero-order valence-electron chi connectivity index (χ0n) is 14.9. The second kappa shape index (κ2) is 8.16. The van der Waals surface area contributed by atoms with Gasteiger partial charge in [0, 0.05) is 32.4 Å². The van der Waals surface area contributed by atoms with E-state index in [2.05, 4.69) is 16.5 Å². The molecule has 1 unspecified atom stereocenters. The first-order chi connectivity index (χ1) is 12.1. The molecule has 1 amide bonds. The van der Waals surface area contributed by atoms with E-state index >= 15 is 0 Å². The molecular formula is C19H25N4O2. The van der Waals surface area contributed by atoms with E-state index in [1.54, 1.807) is 9.58 Å². The Bertz CT molecular complexity index is 707. The summed E-state index contributed by atoms with van der Waals surface area (Å²) >= 11 is 0. The van der Waals surface area contributed by atoms with Crippen LogP contribution in [0.2, 0.25) is 0 Å². The lowest BCUT2D eigenvalue weighted by atomic mass is 9.98. The lowest BCUT2D eigenvalue weighted by molar-refractivity contribution is -0.135. The van der Waals surface area contributed by atoms with Crippen LogP contribution >= 0.6 is 0 Å². The molecule has 3 rings (SSSR count). The molecule has 1 aromatic carbocycles. The summed E-state index contributed by atoms with van der Waals surface area (Å²) in [6.07, 6.45) is 5.81. The summed E-state index contributed by atoms with van der Waals surface area (Å²) in [6.45, 7) is 2.84. The number of likely N-dealkylation sites (N-methyl/N-ethyl adjacent to an activating group) is 1. The van der Waals surface area contributed by atoms with Gasteiger partial charge in [-0.2, -0.15) is 5.10 Å². The minimum Gasteiger partial charge on any atom is -0.492 e. The van der Waals surface area contributed by atoms with Crippen LogP contribution in [0.5, 0.6) is 5.75 Å². The number of carbonyl (C=O) groups excluding carboxylic acids is 1. The number of piperidine rings is 1. The maximum Gasteiger partial charge on any atom is 0.226 e. The number of nitrogens with zero attached hydrogens (tertiary/aromatic N) is 3. The van der Waals surface area contributed by atoms with Crippen molar-refractivity contribution in [2.45, 2.75) is 12.8 Å². The van der Waals surface area contributed by atoms with Crippen LogP contribution in [0.15, 0.2) is 30.6 Å². The molecule has 6 nitrogen and oxygen atoms in total. The summed E-state index contributed by atoms with van der Waals surface area (Å²) in [5.74, 6) is 1.05. The zero-order chi connectivity index (χ0) is 17.6. The van der Waals surface area contributed by atoms with Crippen molar-refractivity contribution in [3.8, 4) is 16.9 Å². The maximum absolute atomic E-state index is 12.4. The van der Waals surface area contributed by atoms with Gasteiger partial charge in [0.15, 0.2) is 0 Å². The molecule has 1 aliphatic rings.